The van der Waals surface area contributed by atoms with Crippen molar-refractivity contribution in [3.63, 3.8) is 0 Å². The number of aryl methyl sites for hydroxylation is 1. The molecule has 0 spiro atoms. The lowest BCUT2D eigenvalue weighted by Gasteiger charge is -2.38. The smallest absolute Gasteiger partial charge is 0.246 e. The molecule has 18 heavy (non-hydrogen) atoms. The monoisotopic (exact) mass is 252 g/mol. The molecule has 6 nitrogen and oxygen atoms in total. The molecule has 1 aromatic heterocycles. The molecule has 1 fully saturated rings. The fourth-order valence-corrected chi connectivity index (χ4v) is 1.77. The van der Waals surface area contributed by atoms with Gasteiger partial charge in [-0.15, -0.1) is 0 Å². The molecule has 1 aliphatic heterocycles. The van der Waals surface area contributed by atoms with E-state index in [0.717, 1.165) is 18.7 Å². The maximum absolute atomic E-state index is 11.5. The molecular formula is C12H20N4O2. The van der Waals surface area contributed by atoms with Crippen molar-refractivity contribution in [2.75, 3.05) is 26.2 Å². The van der Waals surface area contributed by atoms with Crippen molar-refractivity contribution in [3.8, 4) is 0 Å². The molecule has 6 heteroatoms. The second kappa shape index (κ2) is 5.49. The van der Waals surface area contributed by atoms with Gasteiger partial charge in [0.1, 0.15) is 6.61 Å². The highest BCUT2D eigenvalue weighted by Gasteiger charge is 2.32. The second-order valence-electron chi connectivity index (χ2n) is 4.97. The van der Waals surface area contributed by atoms with Gasteiger partial charge in [-0.2, -0.15) is 5.10 Å². The molecule has 0 saturated carbocycles. The summed E-state index contributed by atoms with van der Waals surface area (Å²) in [4.78, 5) is 11.5. The van der Waals surface area contributed by atoms with Gasteiger partial charge in [-0.3, -0.25) is 9.48 Å². The summed E-state index contributed by atoms with van der Waals surface area (Å²) in [7, 11) is 0. The molecule has 0 aliphatic carbocycles. The number of nitrogens with one attached hydrogen (secondary N) is 2. The first-order valence-corrected chi connectivity index (χ1v) is 6.18. The topological polar surface area (TPSA) is 68.2 Å². The quantitative estimate of drug-likeness (QED) is 0.728. The van der Waals surface area contributed by atoms with E-state index in [2.05, 4.69) is 15.7 Å². The number of carbonyl (C=O) groups excluding carboxylic acids is 1. The highest BCUT2D eigenvalue weighted by Crippen LogP contribution is 2.14. The van der Waals surface area contributed by atoms with Crippen molar-refractivity contribution < 1.29 is 9.53 Å². The third-order valence-electron chi connectivity index (χ3n) is 2.98. The van der Waals surface area contributed by atoms with E-state index < -0.39 is 0 Å². The Kier molecular flexibility index (Phi) is 3.98. The Balaban J connectivity index is 1.60. The summed E-state index contributed by atoms with van der Waals surface area (Å²) in [6, 6.07) is 0. The van der Waals surface area contributed by atoms with Gasteiger partial charge in [-0.25, -0.2) is 0 Å². The Hall–Kier alpha value is -1.40. The third kappa shape index (κ3) is 3.54. The number of rotatable bonds is 6. The summed E-state index contributed by atoms with van der Waals surface area (Å²) < 4.78 is 7.35. The van der Waals surface area contributed by atoms with E-state index in [0.29, 0.717) is 13.1 Å². The molecule has 2 N–H and O–H groups in total. The number of aromatic nitrogens is 2. The largest absolute Gasteiger partial charge is 0.363 e. The molecule has 2 rings (SSSR count). The minimum atomic E-state index is -0.170. The van der Waals surface area contributed by atoms with Crippen LogP contribution in [-0.2, 0) is 16.1 Å². The van der Waals surface area contributed by atoms with Gasteiger partial charge in [0.2, 0.25) is 5.91 Å². The predicted octanol–water partition coefficient (Wildman–Crippen LogP) is -0.314. The Morgan fingerprint density at radius 2 is 2.44 bits per heavy atom. The van der Waals surface area contributed by atoms with Crippen molar-refractivity contribution in [2.45, 2.75) is 26.0 Å². The van der Waals surface area contributed by atoms with E-state index in [4.69, 9.17) is 4.74 Å². The standard InChI is InChI=1S/C12H20N4O2/c1-10-5-15-16(6-10)4-3-14-11(17)7-18-12(2)8-13-9-12/h5-6,13H,3-4,7-9H2,1-2H3,(H,14,17). The second-order valence-corrected chi connectivity index (χ2v) is 4.97. The summed E-state index contributed by atoms with van der Waals surface area (Å²) in [6.07, 6.45) is 3.75. The normalized spacial score (nSPS) is 17.2. The van der Waals surface area contributed by atoms with E-state index in [1.165, 1.54) is 0 Å². The van der Waals surface area contributed by atoms with Crippen molar-refractivity contribution >= 4 is 5.91 Å². The molecular weight excluding hydrogens is 232 g/mol. The van der Waals surface area contributed by atoms with Gasteiger partial charge in [0.05, 0.1) is 18.3 Å². The number of nitrogens with zero attached hydrogens (tertiary/aromatic N) is 2. The maximum atomic E-state index is 11.5. The van der Waals surface area contributed by atoms with E-state index in [9.17, 15) is 4.79 Å². The molecule has 1 amide bonds. The lowest BCUT2D eigenvalue weighted by Crippen LogP contribution is -2.59. The van der Waals surface area contributed by atoms with Crippen LogP contribution in [-0.4, -0.2) is 47.5 Å². The van der Waals surface area contributed by atoms with Crippen molar-refractivity contribution in [1.29, 1.82) is 0 Å². The van der Waals surface area contributed by atoms with Crippen LogP contribution in [0.1, 0.15) is 12.5 Å². The SMILES string of the molecule is Cc1cnn(CCNC(=O)COC2(C)CNC2)c1. The molecule has 0 radical (unpaired) electrons. The maximum Gasteiger partial charge on any atom is 0.246 e. The Bertz CT molecular complexity index is 412. The van der Waals surface area contributed by atoms with Crippen LogP contribution in [0.4, 0.5) is 0 Å². The zero-order valence-electron chi connectivity index (χ0n) is 10.9. The summed E-state index contributed by atoms with van der Waals surface area (Å²) in [5, 5.41) is 10.1. The zero-order chi connectivity index (χ0) is 13.0. The van der Waals surface area contributed by atoms with Gasteiger partial charge in [0.25, 0.3) is 0 Å². The molecule has 1 aliphatic rings. The van der Waals surface area contributed by atoms with Crippen LogP contribution < -0.4 is 10.6 Å². The van der Waals surface area contributed by atoms with Crippen LogP contribution >= 0.6 is 0 Å². The highest BCUT2D eigenvalue weighted by atomic mass is 16.5. The summed E-state index contributed by atoms with van der Waals surface area (Å²) in [6.45, 7) is 6.99. The predicted molar refractivity (Wildman–Crippen MR) is 67.2 cm³/mol. The number of carbonyl (C=O) groups is 1. The molecule has 0 bridgehead atoms. The third-order valence-corrected chi connectivity index (χ3v) is 2.98. The van der Waals surface area contributed by atoms with Crippen molar-refractivity contribution in [3.05, 3.63) is 18.0 Å². The molecule has 1 aromatic rings. The molecule has 0 atom stereocenters. The summed E-state index contributed by atoms with van der Waals surface area (Å²) in [5.41, 5.74) is 0.950. The Labute approximate surface area is 107 Å². The number of ether oxygens (including phenoxy) is 1. The van der Waals surface area contributed by atoms with Gasteiger partial charge < -0.3 is 15.4 Å². The van der Waals surface area contributed by atoms with E-state index in [-0.39, 0.29) is 18.1 Å². The number of amides is 1. The van der Waals surface area contributed by atoms with Gasteiger partial charge in [-0.05, 0) is 19.4 Å². The first kappa shape index (κ1) is 13.0. The Morgan fingerprint density at radius 1 is 1.67 bits per heavy atom. The molecule has 0 aromatic carbocycles. The summed E-state index contributed by atoms with van der Waals surface area (Å²) >= 11 is 0. The van der Waals surface area contributed by atoms with E-state index in [1.54, 1.807) is 6.20 Å². The first-order chi connectivity index (χ1) is 8.57. The average molecular weight is 252 g/mol. The number of hydrogen-bond donors (Lipinski definition) is 2. The fraction of sp³-hybridized carbons (Fsp3) is 0.667. The molecule has 2 heterocycles. The van der Waals surface area contributed by atoms with Crippen LogP contribution in [0, 0.1) is 6.92 Å². The van der Waals surface area contributed by atoms with Crippen LogP contribution in [0.15, 0.2) is 12.4 Å². The zero-order valence-corrected chi connectivity index (χ0v) is 10.9. The average Bonchev–Trinajstić information content (AvgIpc) is 2.70. The van der Waals surface area contributed by atoms with Gasteiger partial charge >= 0.3 is 0 Å². The summed E-state index contributed by atoms with van der Waals surface area (Å²) in [5.74, 6) is -0.0768. The van der Waals surface area contributed by atoms with Crippen LogP contribution in [0.5, 0.6) is 0 Å². The first-order valence-electron chi connectivity index (χ1n) is 6.18. The van der Waals surface area contributed by atoms with Gasteiger partial charge in [0, 0.05) is 25.8 Å². The van der Waals surface area contributed by atoms with Crippen LogP contribution in [0.3, 0.4) is 0 Å². The van der Waals surface area contributed by atoms with Gasteiger partial charge in [0.15, 0.2) is 0 Å². The van der Waals surface area contributed by atoms with E-state index >= 15 is 0 Å². The Morgan fingerprint density at radius 3 is 3.00 bits per heavy atom. The van der Waals surface area contributed by atoms with Crippen LogP contribution in [0.2, 0.25) is 0 Å². The molecule has 0 unspecified atom stereocenters. The van der Waals surface area contributed by atoms with Gasteiger partial charge in [-0.1, -0.05) is 0 Å². The van der Waals surface area contributed by atoms with Crippen molar-refractivity contribution in [2.24, 2.45) is 0 Å². The fourth-order valence-electron chi connectivity index (χ4n) is 1.77. The number of hydrogen-bond acceptors (Lipinski definition) is 4. The van der Waals surface area contributed by atoms with Crippen molar-refractivity contribution in [1.82, 2.24) is 20.4 Å². The minimum Gasteiger partial charge on any atom is -0.363 e. The van der Waals surface area contributed by atoms with E-state index in [1.807, 2.05) is 24.7 Å². The minimum absolute atomic E-state index is 0.0768. The lowest BCUT2D eigenvalue weighted by molar-refractivity contribution is -0.135. The highest BCUT2D eigenvalue weighted by molar-refractivity contribution is 5.77. The molecule has 1 saturated heterocycles. The molecule has 100 valence electrons. The van der Waals surface area contributed by atoms with Crippen LogP contribution in [0.25, 0.3) is 0 Å². The lowest BCUT2D eigenvalue weighted by atomic mass is 10.0.